The van der Waals surface area contributed by atoms with Gasteiger partial charge in [0.05, 0.1) is 0 Å². The lowest BCUT2D eigenvalue weighted by atomic mass is 9.98. The van der Waals surface area contributed by atoms with Gasteiger partial charge in [-0.25, -0.2) is 0 Å². The van der Waals surface area contributed by atoms with Gasteiger partial charge in [0.25, 0.3) is 0 Å². The molecule has 0 radical (unpaired) electrons. The molecule has 0 aromatic rings. The van der Waals surface area contributed by atoms with Crippen LogP contribution in [0.3, 0.4) is 0 Å². The third-order valence-electron chi connectivity index (χ3n) is 2.57. The van der Waals surface area contributed by atoms with Gasteiger partial charge in [-0.05, 0) is 25.3 Å². The van der Waals surface area contributed by atoms with Gasteiger partial charge in [0, 0.05) is 26.3 Å². The maximum Gasteiger partial charge on any atom is 0.0462 e. The summed E-state index contributed by atoms with van der Waals surface area (Å²) in [4.78, 5) is 0. The third-order valence-corrected chi connectivity index (χ3v) is 2.57. The molecule has 0 saturated carbocycles. The molecule has 1 heterocycles. The van der Waals surface area contributed by atoms with Gasteiger partial charge >= 0.3 is 0 Å². The summed E-state index contributed by atoms with van der Waals surface area (Å²) in [6.07, 6.45) is 3.66. The second-order valence-electron chi connectivity index (χ2n) is 3.57. The Morgan fingerprint density at radius 1 is 1.42 bits per heavy atom. The first-order valence-electron chi connectivity index (χ1n) is 4.80. The summed E-state index contributed by atoms with van der Waals surface area (Å²) in [6.45, 7) is 2.98. The molecule has 0 aromatic carbocycles. The summed E-state index contributed by atoms with van der Waals surface area (Å²) >= 11 is 0. The standard InChI is InChI=1S/C9H20N2O/c1-12-5-3-2-4-8-6-11-7-9(8)10/h8-9,11H,2-7,10H2,1H3/t8-,9+/m0/s1. The highest BCUT2D eigenvalue weighted by molar-refractivity contribution is 4.83. The van der Waals surface area contributed by atoms with Crippen molar-refractivity contribution in [1.82, 2.24) is 5.32 Å². The van der Waals surface area contributed by atoms with Gasteiger partial charge in [-0.3, -0.25) is 0 Å². The second kappa shape index (κ2) is 5.51. The number of methoxy groups -OCH3 is 1. The zero-order valence-corrected chi connectivity index (χ0v) is 7.88. The van der Waals surface area contributed by atoms with Crippen LogP contribution in [0.1, 0.15) is 19.3 Å². The van der Waals surface area contributed by atoms with E-state index in [1.54, 1.807) is 7.11 Å². The predicted molar refractivity (Wildman–Crippen MR) is 50.1 cm³/mol. The van der Waals surface area contributed by atoms with Crippen molar-refractivity contribution in [3.05, 3.63) is 0 Å². The molecular formula is C9H20N2O. The molecule has 0 amide bonds. The molecule has 0 spiro atoms. The molecule has 3 nitrogen and oxygen atoms in total. The zero-order chi connectivity index (χ0) is 8.81. The summed E-state index contributed by atoms with van der Waals surface area (Å²) in [5.41, 5.74) is 5.90. The highest BCUT2D eigenvalue weighted by Crippen LogP contribution is 2.14. The van der Waals surface area contributed by atoms with Crippen LogP contribution in [-0.4, -0.2) is 32.8 Å². The smallest absolute Gasteiger partial charge is 0.0462 e. The summed E-state index contributed by atoms with van der Waals surface area (Å²) in [6, 6.07) is 0.382. The number of hydrogen-bond donors (Lipinski definition) is 2. The minimum atomic E-state index is 0.382. The Bertz CT molecular complexity index is 119. The maximum atomic E-state index is 5.90. The van der Waals surface area contributed by atoms with Crippen LogP contribution in [0.2, 0.25) is 0 Å². The van der Waals surface area contributed by atoms with E-state index in [4.69, 9.17) is 10.5 Å². The Labute approximate surface area is 74.7 Å². The third kappa shape index (κ3) is 3.09. The molecular weight excluding hydrogens is 152 g/mol. The van der Waals surface area contributed by atoms with E-state index in [2.05, 4.69) is 5.32 Å². The minimum Gasteiger partial charge on any atom is -0.385 e. The van der Waals surface area contributed by atoms with Crippen molar-refractivity contribution in [2.24, 2.45) is 11.7 Å². The molecule has 1 aliphatic rings. The Morgan fingerprint density at radius 3 is 2.83 bits per heavy atom. The van der Waals surface area contributed by atoms with E-state index in [9.17, 15) is 0 Å². The Hall–Kier alpha value is -0.120. The molecule has 1 saturated heterocycles. The molecule has 12 heavy (non-hydrogen) atoms. The molecule has 2 atom stereocenters. The van der Waals surface area contributed by atoms with Crippen LogP contribution in [0.4, 0.5) is 0 Å². The lowest BCUT2D eigenvalue weighted by molar-refractivity contribution is 0.190. The molecule has 0 bridgehead atoms. The summed E-state index contributed by atoms with van der Waals surface area (Å²) in [7, 11) is 1.75. The first-order chi connectivity index (χ1) is 5.84. The normalized spacial score (nSPS) is 29.5. The fourth-order valence-corrected chi connectivity index (χ4v) is 1.72. The molecule has 72 valence electrons. The van der Waals surface area contributed by atoms with Crippen LogP contribution in [0, 0.1) is 5.92 Å². The Balaban J connectivity index is 1.98. The zero-order valence-electron chi connectivity index (χ0n) is 7.88. The van der Waals surface area contributed by atoms with Crippen molar-refractivity contribution >= 4 is 0 Å². The first kappa shape index (κ1) is 9.96. The van der Waals surface area contributed by atoms with Gasteiger partial charge in [0.1, 0.15) is 0 Å². The number of ether oxygens (including phenoxy) is 1. The van der Waals surface area contributed by atoms with Crippen molar-refractivity contribution < 1.29 is 4.74 Å². The largest absolute Gasteiger partial charge is 0.385 e. The van der Waals surface area contributed by atoms with E-state index in [-0.39, 0.29) is 0 Å². The molecule has 0 unspecified atom stereocenters. The van der Waals surface area contributed by atoms with Crippen molar-refractivity contribution in [3.8, 4) is 0 Å². The van der Waals surface area contributed by atoms with Crippen LogP contribution in [0.15, 0.2) is 0 Å². The highest BCUT2D eigenvalue weighted by Gasteiger charge is 2.22. The number of hydrogen-bond acceptors (Lipinski definition) is 3. The molecule has 3 N–H and O–H groups in total. The predicted octanol–water partition coefficient (Wildman–Crippen LogP) is 0.350. The fourth-order valence-electron chi connectivity index (χ4n) is 1.72. The molecule has 0 aromatic heterocycles. The molecule has 1 aliphatic heterocycles. The lowest BCUT2D eigenvalue weighted by Crippen LogP contribution is -2.28. The van der Waals surface area contributed by atoms with Crippen LogP contribution >= 0.6 is 0 Å². The van der Waals surface area contributed by atoms with Crippen LogP contribution in [-0.2, 0) is 4.74 Å². The summed E-state index contributed by atoms with van der Waals surface area (Å²) in [5.74, 6) is 0.696. The number of nitrogens with two attached hydrogens (primary N) is 1. The van der Waals surface area contributed by atoms with Crippen molar-refractivity contribution in [2.75, 3.05) is 26.8 Å². The van der Waals surface area contributed by atoms with Gasteiger partial charge in [-0.2, -0.15) is 0 Å². The number of nitrogens with one attached hydrogen (secondary N) is 1. The number of unbranched alkanes of at least 4 members (excludes halogenated alkanes) is 1. The van der Waals surface area contributed by atoms with E-state index < -0.39 is 0 Å². The second-order valence-corrected chi connectivity index (χ2v) is 3.57. The molecule has 0 aliphatic carbocycles. The van der Waals surface area contributed by atoms with Gasteiger partial charge in [0.2, 0.25) is 0 Å². The van der Waals surface area contributed by atoms with Gasteiger partial charge in [0.15, 0.2) is 0 Å². The molecule has 1 rings (SSSR count). The Morgan fingerprint density at radius 2 is 2.25 bits per heavy atom. The first-order valence-corrected chi connectivity index (χ1v) is 4.80. The highest BCUT2D eigenvalue weighted by atomic mass is 16.5. The quantitative estimate of drug-likeness (QED) is 0.588. The van der Waals surface area contributed by atoms with E-state index in [1.807, 2.05) is 0 Å². The van der Waals surface area contributed by atoms with E-state index in [0.29, 0.717) is 12.0 Å². The maximum absolute atomic E-state index is 5.90. The van der Waals surface area contributed by atoms with Crippen molar-refractivity contribution in [1.29, 1.82) is 0 Å². The van der Waals surface area contributed by atoms with Crippen molar-refractivity contribution in [3.63, 3.8) is 0 Å². The molecule has 3 heteroatoms. The van der Waals surface area contributed by atoms with Crippen LogP contribution in [0.5, 0.6) is 0 Å². The average molecular weight is 172 g/mol. The number of rotatable bonds is 5. The average Bonchev–Trinajstić information content (AvgIpc) is 2.46. The van der Waals surface area contributed by atoms with Gasteiger partial charge < -0.3 is 15.8 Å². The monoisotopic (exact) mass is 172 g/mol. The van der Waals surface area contributed by atoms with Gasteiger partial charge in [-0.1, -0.05) is 6.42 Å². The van der Waals surface area contributed by atoms with Crippen LogP contribution < -0.4 is 11.1 Å². The topological polar surface area (TPSA) is 47.3 Å². The van der Waals surface area contributed by atoms with E-state index >= 15 is 0 Å². The Kier molecular flexibility index (Phi) is 4.58. The summed E-state index contributed by atoms with van der Waals surface area (Å²) in [5, 5.41) is 3.31. The SMILES string of the molecule is COCCCC[C@H]1CNC[C@H]1N. The summed E-state index contributed by atoms with van der Waals surface area (Å²) < 4.78 is 4.99. The van der Waals surface area contributed by atoms with E-state index in [1.165, 1.54) is 19.3 Å². The van der Waals surface area contributed by atoms with Crippen molar-refractivity contribution in [2.45, 2.75) is 25.3 Å². The van der Waals surface area contributed by atoms with E-state index in [0.717, 1.165) is 19.7 Å². The van der Waals surface area contributed by atoms with Gasteiger partial charge in [-0.15, -0.1) is 0 Å². The lowest BCUT2D eigenvalue weighted by Gasteiger charge is -2.12. The minimum absolute atomic E-state index is 0.382. The van der Waals surface area contributed by atoms with Crippen LogP contribution in [0.25, 0.3) is 0 Å². The fraction of sp³-hybridized carbons (Fsp3) is 1.00. The molecule has 1 fully saturated rings.